The fourth-order valence-corrected chi connectivity index (χ4v) is 0.614. The van der Waals surface area contributed by atoms with E-state index in [1.807, 2.05) is 0 Å². The maximum absolute atomic E-state index is 10.2. The summed E-state index contributed by atoms with van der Waals surface area (Å²) >= 11 is 0. The van der Waals surface area contributed by atoms with Crippen molar-refractivity contribution in [1.82, 2.24) is 0 Å². The summed E-state index contributed by atoms with van der Waals surface area (Å²) in [6.45, 7) is 0. The maximum atomic E-state index is 10.2. The van der Waals surface area contributed by atoms with Crippen LogP contribution in [0.1, 0.15) is 12.8 Å². The third kappa shape index (κ3) is 2.08. The molecule has 0 aromatic carbocycles. The monoisotopic (exact) mass is 154 g/mol. The van der Waals surface area contributed by atoms with Crippen molar-refractivity contribution in [3.05, 3.63) is 10.1 Å². The largest absolute Gasteiger partial charge is 1.00 e. The summed E-state index contributed by atoms with van der Waals surface area (Å²) in [4.78, 5) is 19.5. The second-order valence-electron chi connectivity index (χ2n) is 1.81. The Labute approximate surface area is 94.6 Å². The first-order valence-corrected chi connectivity index (χ1v) is 2.38. The SMILES string of the molecule is O=C1CCC1[N+](=O)[O-].[K+]. The van der Waals surface area contributed by atoms with Gasteiger partial charge in [-0.2, -0.15) is 0 Å². The molecule has 1 unspecified atom stereocenters. The Kier molecular flexibility index (Phi) is 4.07. The minimum Gasteiger partial charge on any atom is -0.292 e. The summed E-state index contributed by atoms with van der Waals surface area (Å²) in [6.07, 6.45) is 0.831. The van der Waals surface area contributed by atoms with Crippen molar-refractivity contribution in [1.29, 1.82) is 0 Å². The van der Waals surface area contributed by atoms with Gasteiger partial charge in [0.1, 0.15) is 0 Å². The summed E-state index contributed by atoms with van der Waals surface area (Å²) in [5.41, 5.74) is 0. The zero-order valence-corrected chi connectivity index (χ0v) is 8.29. The van der Waals surface area contributed by atoms with Crippen LogP contribution in [0.15, 0.2) is 0 Å². The van der Waals surface area contributed by atoms with Gasteiger partial charge in [-0.05, 0) is 0 Å². The third-order valence-corrected chi connectivity index (χ3v) is 1.29. The van der Waals surface area contributed by atoms with Crippen LogP contribution in [0.2, 0.25) is 0 Å². The summed E-state index contributed by atoms with van der Waals surface area (Å²) in [5, 5.41) is 9.78. The molecular weight excluding hydrogens is 149 g/mol. The van der Waals surface area contributed by atoms with E-state index in [9.17, 15) is 14.9 Å². The molecular formula is C4H5KNO3+. The molecule has 0 spiro atoms. The molecule has 0 saturated heterocycles. The molecule has 0 aromatic heterocycles. The van der Waals surface area contributed by atoms with Crippen LogP contribution in [0.3, 0.4) is 0 Å². The summed E-state index contributed by atoms with van der Waals surface area (Å²) in [7, 11) is 0. The number of rotatable bonds is 1. The number of hydrogen-bond acceptors (Lipinski definition) is 3. The molecule has 1 aliphatic rings. The van der Waals surface area contributed by atoms with E-state index in [1.54, 1.807) is 0 Å². The number of nitrogens with zero attached hydrogens (tertiary/aromatic N) is 1. The molecule has 0 radical (unpaired) electrons. The second-order valence-corrected chi connectivity index (χ2v) is 1.81. The molecule has 1 aliphatic carbocycles. The molecule has 4 nitrogen and oxygen atoms in total. The van der Waals surface area contributed by atoms with Gasteiger partial charge < -0.3 is 0 Å². The molecule has 0 amide bonds. The van der Waals surface area contributed by atoms with E-state index in [0.29, 0.717) is 12.8 Å². The number of hydrogen-bond donors (Lipinski definition) is 0. The minimum absolute atomic E-state index is 0. The van der Waals surface area contributed by atoms with E-state index in [1.165, 1.54) is 0 Å². The fourth-order valence-electron chi connectivity index (χ4n) is 0.614. The van der Waals surface area contributed by atoms with Crippen LogP contribution in [-0.4, -0.2) is 16.7 Å². The van der Waals surface area contributed by atoms with Gasteiger partial charge in [-0.3, -0.25) is 14.9 Å². The van der Waals surface area contributed by atoms with Crippen molar-refractivity contribution in [2.45, 2.75) is 18.9 Å². The van der Waals surface area contributed by atoms with Crippen LogP contribution in [-0.2, 0) is 4.79 Å². The molecule has 0 N–H and O–H groups in total. The summed E-state index contributed by atoms with van der Waals surface area (Å²) < 4.78 is 0. The molecule has 1 atom stereocenters. The molecule has 0 heterocycles. The van der Waals surface area contributed by atoms with Gasteiger partial charge in [-0.25, -0.2) is 0 Å². The Morgan fingerprint density at radius 3 is 2.22 bits per heavy atom. The predicted molar refractivity (Wildman–Crippen MR) is 25.0 cm³/mol. The first kappa shape index (κ1) is 9.71. The predicted octanol–water partition coefficient (Wildman–Crippen LogP) is -3.00. The number of ketones is 1. The van der Waals surface area contributed by atoms with Gasteiger partial charge in [-0.1, -0.05) is 0 Å². The van der Waals surface area contributed by atoms with E-state index in [-0.39, 0.29) is 57.2 Å². The van der Waals surface area contributed by atoms with E-state index in [0.717, 1.165) is 0 Å². The van der Waals surface area contributed by atoms with Crippen LogP contribution in [0, 0.1) is 10.1 Å². The standard InChI is InChI=1S/C4H5NO3.K/c6-4-2-1-3(4)5(7)8;/h3H,1-2H2;/q;+1. The van der Waals surface area contributed by atoms with E-state index < -0.39 is 11.0 Å². The fraction of sp³-hybridized carbons (Fsp3) is 0.750. The molecule has 0 aliphatic heterocycles. The van der Waals surface area contributed by atoms with Crippen molar-refractivity contribution in [3.8, 4) is 0 Å². The molecule has 1 fully saturated rings. The van der Waals surface area contributed by atoms with Gasteiger partial charge >= 0.3 is 51.4 Å². The Balaban J connectivity index is 0.000000640. The Hall–Kier alpha value is 0.706. The number of Topliss-reactive ketones (excluding diaryl/α,β-unsaturated/α-hetero) is 1. The van der Waals surface area contributed by atoms with Crippen molar-refractivity contribution >= 4 is 5.78 Å². The van der Waals surface area contributed by atoms with Gasteiger partial charge in [0.15, 0.2) is 0 Å². The van der Waals surface area contributed by atoms with Crippen LogP contribution in [0.4, 0.5) is 0 Å². The van der Waals surface area contributed by atoms with Crippen molar-refractivity contribution in [2.75, 3.05) is 0 Å². The quantitative estimate of drug-likeness (QED) is 0.230. The van der Waals surface area contributed by atoms with Crippen molar-refractivity contribution in [3.63, 3.8) is 0 Å². The summed E-state index contributed by atoms with van der Waals surface area (Å²) in [5.74, 6) is -0.227. The van der Waals surface area contributed by atoms with Crippen LogP contribution >= 0.6 is 0 Å². The van der Waals surface area contributed by atoms with Gasteiger partial charge in [0.05, 0.1) is 0 Å². The topological polar surface area (TPSA) is 60.2 Å². The molecule has 1 saturated carbocycles. The molecule has 0 aromatic rings. The number of carbonyl (C=O) groups excluding carboxylic acids is 1. The summed E-state index contributed by atoms with van der Waals surface area (Å²) in [6, 6.07) is -0.866. The molecule has 0 bridgehead atoms. The second kappa shape index (κ2) is 3.77. The first-order valence-electron chi connectivity index (χ1n) is 2.38. The van der Waals surface area contributed by atoms with Crippen molar-refractivity contribution in [2.24, 2.45) is 0 Å². The zero-order valence-electron chi connectivity index (χ0n) is 5.16. The Morgan fingerprint density at radius 2 is 2.22 bits per heavy atom. The average Bonchev–Trinajstić information content (AvgIpc) is 1.61. The van der Waals surface area contributed by atoms with Crippen LogP contribution in [0.25, 0.3) is 0 Å². The van der Waals surface area contributed by atoms with Crippen molar-refractivity contribution < 1.29 is 61.1 Å². The first-order chi connectivity index (χ1) is 3.72. The molecule has 5 heteroatoms. The van der Waals surface area contributed by atoms with Crippen LogP contribution in [0.5, 0.6) is 0 Å². The molecule has 1 rings (SSSR count). The smallest absolute Gasteiger partial charge is 0.292 e. The Morgan fingerprint density at radius 1 is 1.67 bits per heavy atom. The minimum atomic E-state index is -0.866. The normalized spacial score (nSPS) is 24.0. The molecule has 44 valence electrons. The zero-order chi connectivity index (χ0) is 6.15. The molecule has 9 heavy (non-hydrogen) atoms. The average molecular weight is 154 g/mol. The van der Waals surface area contributed by atoms with Gasteiger partial charge in [0.25, 0.3) is 6.04 Å². The van der Waals surface area contributed by atoms with E-state index in [4.69, 9.17) is 0 Å². The van der Waals surface area contributed by atoms with E-state index in [2.05, 4.69) is 0 Å². The number of nitro groups is 1. The third-order valence-electron chi connectivity index (χ3n) is 1.29. The van der Waals surface area contributed by atoms with Gasteiger partial charge in [-0.15, -0.1) is 0 Å². The number of carbonyl (C=O) groups is 1. The van der Waals surface area contributed by atoms with Gasteiger partial charge in [0.2, 0.25) is 5.78 Å². The van der Waals surface area contributed by atoms with Gasteiger partial charge in [0, 0.05) is 17.8 Å². The Bertz CT molecular complexity index is 139. The van der Waals surface area contributed by atoms with Crippen LogP contribution < -0.4 is 51.4 Å². The van der Waals surface area contributed by atoms with E-state index >= 15 is 0 Å². The maximum Gasteiger partial charge on any atom is 1.00 e.